The second-order valence-electron chi connectivity index (χ2n) is 6.53. The molecule has 0 aromatic rings. The highest BCUT2D eigenvalue weighted by atomic mass is 16.6. The Balaban J connectivity index is 1.95. The van der Waals surface area contributed by atoms with Crippen LogP contribution in [0.2, 0.25) is 0 Å². The summed E-state index contributed by atoms with van der Waals surface area (Å²) in [6.07, 6.45) is 4.95. The molecule has 0 spiro atoms. The van der Waals surface area contributed by atoms with Gasteiger partial charge >= 0.3 is 6.09 Å². The Hall–Kier alpha value is -0.770. The Morgan fingerprint density at radius 1 is 1.28 bits per heavy atom. The Morgan fingerprint density at radius 2 is 2.00 bits per heavy atom. The zero-order chi connectivity index (χ0) is 13.2. The first-order chi connectivity index (χ1) is 8.46. The maximum absolute atomic E-state index is 12.1. The van der Waals surface area contributed by atoms with Gasteiger partial charge in [-0.25, -0.2) is 4.79 Å². The number of hydrogen-bond donors (Lipinski definition) is 1. The number of hydrogen-bond acceptors (Lipinski definition) is 3. The highest BCUT2D eigenvalue weighted by Crippen LogP contribution is 2.27. The third-order valence-corrected chi connectivity index (χ3v) is 3.80. The van der Waals surface area contributed by atoms with Crippen molar-refractivity contribution in [1.29, 1.82) is 0 Å². The van der Waals surface area contributed by atoms with E-state index in [4.69, 9.17) is 4.74 Å². The van der Waals surface area contributed by atoms with Crippen LogP contribution in [0.4, 0.5) is 4.79 Å². The predicted octanol–water partition coefficient (Wildman–Crippen LogP) is 2.39. The minimum atomic E-state index is -0.400. The fourth-order valence-corrected chi connectivity index (χ4v) is 2.95. The fourth-order valence-electron chi connectivity index (χ4n) is 2.95. The van der Waals surface area contributed by atoms with Gasteiger partial charge in [-0.2, -0.15) is 0 Å². The Kier molecular flexibility index (Phi) is 4.15. The number of ether oxygens (including phenoxy) is 1. The first-order valence-corrected chi connectivity index (χ1v) is 7.17. The quantitative estimate of drug-likeness (QED) is 0.721. The van der Waals surface area contributed by atoms with Crippen molar-refractivity contribution in [3.05, 3.63) is 0 Å². The second-order valence-corrected chi connectivity index (χ2v) is 6.53. The number of nitrogens with one attached hydrogen (secondary N) is 1. The molecule has 0 bridgehead atoms. The average Bonchev–Trinajstić information content (AvgIpc) is 2.48. The summed E-state index contributed by atoms with van der Waals surface area (Å²) in [6, 6.07) is 0.603. The third kappa shape index (κ3) is 3.61. The van der Waals surface area contributed by atoms with Crippen LogP contribution in [-0.2, 0) is 4.74 Å². The normalized spacial score (nSPS) is 29.4. The lowest BCUT2D eigenvalue weighted by atomic mass is 9.84. The Labute approximate surface area is 110 Å². The molecule has 1 heterocycles. The van der Waals surface area contributed by atoms with Gasteiger partial charge in [0.05, 0.1) is 0 Å². The molecule has 1 N–H and O–H groups in total. The molecule has 1 amide bonds. The molecule has 0 aromatic carbocycles. The van der Waals surface area contributed by atoms with Gasteiger partial charge in [0.25, 0.3) is 0 Å². The van der Waals surface area contributed by atoms with Crippen LogP contribution in [0, 0.1) is 5.92 Å². The zero-order valence-corrected chi connectivity index (χ0v) is 11.9. The van der Waals surface area contributed by atoms with Crippen molar-refractivity contribution < 1.29 is 9.53 Å². The first-order valence-electron chi connectivity index (χ1n) is 7.17. The highest BCUT2D eigenvalue weighted by molar-refractivity contribution is 5.68. The molecule has 2 aliphatic rings. The minimum absolute atomic E-state index is 0.157. The number of rotatable bonds is 0. The average molecular weight is 254 g/mol. The van der Waals surface area contributed by atoms with E-state index in [2.05, 4.69) is 5.32 Å². The summed E-state index contributed by atoms with van der Waals surface area (Å²) in [5.74, 6) is 0.605. The van der Waals surface area contributed by atoms with Gasteiger partial charge in [-0.05, 0) is 39.5 Å². The van der Waals surface area contributed by atoms with Gasteiger partial charge in [0.2, 0.25) is 0 Å². The van der Waals surface area contributed by atoms with Crippen molar-refractivity contribution >= 4 is 6.09 Å². The third-order valence-electron chi connectivity index (χ3n) is 3.80. The SMILES string of the molecule is CC(C)(C)OC(=O)N1CCNC2CCCCC2C1. The molecular weight excluding hydrogens is 228 g/mol. The zero-order valence-electron chi connectivity index (χ0n) is 11.9. The summed E-state index contributed by atoms with van der Waals surface area (Å²) < 4.78 is 5.47. The molecule has 2 unspecified atom stereocenters. The molecule has 18 heavy (non-hydrogen) atoms. The number of carbonyl (C=O) groups excluding carboxylic acids is 1. The van der Waals surface area contributed by atoms with Crippen LogP contribution in [0.5, 0.6) is 0 Å². The van der Waals surface area contributed by atoms with E-state index < -0.39 is 5.60 Å². The van der Waals surface area contributed by atoms with Gasteiger partial charge in [-0.15, -0.1) is 0 Å². The lowest BCUT2D eigenvalue weighted by Crippen LogP contribution is -2.41. The van der Waals surface area contributed by atoms with Gasteiger partial charge < -0.3 is 15.0 Å². The van der Waals surface area contributed by atoms with Crippen LogP contribution >= 0.6 is 0 Å². The fraction of sp³-hybridized carbons (Fsp3) is 0.929. The van der Waals surface area contributed by atoms with Crippen molar-refractivity contribution in [2.75, 3.05) is 19.6 Å². The lowest BCUT2D eigenvalue weighted by Gasteiger charge is -2.32. The lowest BCUT2D eigenvalue weighted by molar-refractivity contribution is 0.0230. The second kappa shape index (κ2) is 5.47. The van der Waals surface area contributed by atoms with Gasteiger partial charge in [0.15, 0.2) is 0 Å². The summed E-state index contributed by atoms with van der Waals surface area (Å²) >= 11 is 0. The molecule has 0 radical (unpaired) electrons. The van der Waals surface area contributed by atoms with Crippen LogP contribution in [0.3, 0.4) is 0 Å². The maximum Gasteiger partial charge on any atom is 0.410 e. The van der Waals surface area contributed by atoms with Gasteiger partial charge in [-0.3, -0.25) is 0 Å². The summed E-state index contributed by atoms with van der Waals surface area (Å²) in [4.78, 5) is 14.0. The molecule has 1 saturated heterocycles. The molecule has 104 valence electrons. The molecule has 1 aliphatic carbocycles. The van der Waals surface area contributed by atoms with Crippen LogP contribution in [0.25, 0.3) is 0 Å². The minimum Gasteiger partial charge on any atom is -0.444 e. The maximum atomic E-state index is 12.1. The van der Waals surface area contributed by atoms with Gasteiger partial charge in [0, 0.05) is 25.7 Å². The van der Waals surface area contributed by atoms with E-state index in [1.165, 1.54) is 25.7 Å². The van der Waals surface area contributed by atoms with Crippen molar-refractivity contribution in [1.82, 2.24) is 10.2 Å². The first kappa shape index (κ1) is 13.7. The topological polar surface area (TPSA) is 41.6 Å². The standard InChI is InChI=1S/C14H26N2O2/c1-14(2,3)18-13(17)16-9-8-15-12-7-5-4-6-11(12)10-16/h11-12,15H,4-10H2,1-3H3. The van der Waals surface area contributed by atoms with E-state index in [1.54, 1.807) is 0 Å². The van der Waals surface area contributed by atoms with Crippen molar-refractivity contribution in [2.45, 2.75) is 58.1 Å². The van der Waals surface area contributed by atoms with Gasteiger partial charge in [0.1, 0.15) is 5.60 Å². The number of nitrogens with zero attached hydrogens (tertiary/aromatic N) is 1. The van der Waals surface area contributed by atoms with Crippen molar-refractivity contribution in [3.63, 3.8) is 0 Å². The Morgan fingerprint density at radius 3 is 2.72 bits per heavy atom. The van der Waals surface area contributed by atoms with E-state index in [1.807, 2.05) is 25.7 Å². The summed E-state index contributed by atoms with van der Waals surface area (Å²) in [6.45, 7) is 8.27. The summed E-state index contributed by atoms with van der Waals surface area (Å²) in [7, 11) is 0. The number of carbonyl (C=O) groups is 1. The van der Waals surface area contributed by atoms with E-state index in [9.17, 15) is 4.79 Å². The molecule has 2 rings (SSSR count). The number of amides is 1. The highest BCUT2D eigenvalue weighted by Gasteiger charge is 2.32. The van der Waals surface area contributed by atoms with Crippen LogP contribution in [0.1, 0.15) is 46.5 Å². The van der Waals surface area contributed by atoms with Crippen molar-refractivity contribution in [3.8, 4) is 0 Å². The molecule has 4 nitrogen and oxygen atoms in total. The summed E-state index contributed by atoms with van der Waals surface area (Å²) in [5, 5.41) is 3.58. The van der Waals surface area contributed by atoms with Crippen LogP contribution in [-0.4, -0.2) is 42.3 Å². The molecule has 2 fully saturated rings. The smallest absolute Gasteiger partial charge is 0.410 e. The molecule has 0 aromatic heterocycles. The van der Waals surface area contributed by atoms with Gasteiger partial charge in [-0.1, -0.05) is 12.8 Å². The number of fused-ring (bicyclic) bond motifs is 1. The molecular formula is C14H26N2O2. The molecule has 1 aliphatic heterocycles. The summed E-state index contributed by atoms with van der Waals surface area (Å²) in [5.41, 5.74) is -0.400. The van der Waals surface area contributed by atoms with E-state index >= 15 is 0 Å². The Bertz CT molecular complexity index is 299. The van der Waals surface area contributed by atoms with E-state index in [0.717, 1.165) is 19.6 Å². The molecule has 2 atom stereocenters. The monoisotopic (exact) mass is 254 g/mol. The predicted molar refractivity (Wildman–Crippen MR) is 71.6 cm³/mol. The van der Waals surface area contributed by atoms with E-state index in [-0.39, 0.29) is 6.09 Å². The largest absolute Gasteiger partial charge is 0.444 e. The van der Waals surface area contributed by atoms with E-state index in [0.29, 0.717) is 12.0 Å². The van der Waals surface area contributed by atoms with Crippen LogP contribution < -0.4 is 5.32 Å². The molecule has 1 saturated carbocycles. The molecule has 4 heteroatoms. The van der Waals surface area contributed by atoms with Crippen molar-refractivity contribution in [2.24, 2.45) is 5.92 Å². The van der Waals surface area contributed by atoms with Crippen LogP contribution in [0.15, 0.2) is 0 Å².